The molecule has 1 spiro atoms. The Morgan fingerprint density at radius 3 is 2.37 bits per heavy atom. The number of amides is 1. The van der Waals surface area contributed by atoms with E-state index >= 15 is 0 Å². The van der Waals surface area contributed by atoms with Crippen LogP contribution in [0, 0.1) is 11.3 Å². The Morgan fingerprint density at radius 2 is 1.78 bits per heavy atom. The van der Waals surface area contributed by atoms with Crippen molar-refractivity contribution >= 4 is 11.9 Å². The van der Waals surface area contributed by atoms with Crippen LogP contribution in [0.1, 0.15) is 56.4 Å². The highest BCUT2D eigenvalue weighted by Gasteiger charge is 2.53. The molecule has 1 aromatic rings. The molecule has 2 aliphatic heterocycles. The Bertz CT molecular complexity index is 725. The van der Waals surface area contributed by atoms with Crippen LogP contribution >= 0.6 is 0 Å². The van der Waals surface area contributed by atoms with Crippen LogP contribution in [-0.4, -0.2) is 42.6 Å². The Hall–Kier alpha value is -2.04. The summed E-state index contributed by atoms with van der Waals surface area (Å²) in [4.78, 5) is 26.2. The molecule has 5 rings (SSSR count). The van der Waals surface area contributed by atoms with Crippen LogP contribution < -0.4 is 4.74 Å². The second-order valence-corrected chi connectivity index (χ2v) is 8.93. The van der Waals surface area contributed by atoms with Gasteiger partial charge in [-0.05, 0) is 62.1 Å². The first-order chi connectivity index (χ1) is 13.1. The van der Waals surface area contributed by atoms with E-state index < -0.39 is 0 Å². The molecule has 4 aliphatic rings. The summed E-state index contributed by atoms with van der Waals surface area (Å²) in [6, 6.07) is 8.55. The molecule has 4 fully saturated rings. The standard InChI is InChI=1S/C22H27NO4/c24-20-13-22(14-26-20)11-17(12-22)21(25)23-9-7-16(8-10-23)15-1-3-18(4-2-15)27-19-5-6-19/h1-4,16-17,19H,5-14H2. The van der Waals surface area contributed by atoms with Crippen molar-refractivity contribution in [3.05, 3.63) is 29.8 Å². The van der Waals surface area contributed by atoms with E-state index in [1.54, 1.807) is 0 Å². The number of piperidine rings is 1. The molecular weight excluding hydrogens is 342 g/mol. The molecule has 0 atom stereocenters. The highest BCUT2D eigenvalue weighted by atomic mass is 16.5. The SMILES string of the molecule is O=C1CC2(CO1)CC(C(=O)N1CCC(c3ccc(OC4CC4)cc3)CC1)C2. The molecule has 2 aliphatic carbocycles. The lowest BCUT2D eigenvalue weighted by molar-refractivity contribution is -0.144. The van der Waals surface area contributed by atoms with Crippen molar-refractivity contribution in [1.29, 1.82) is 0 Å². The van der Waals surface area contributed by atoms with Gasteiger partial charge in [-0.2, -0.15) is 0 Å². The summed E-state index contributed by atoms with van der Waals surface area (Å²) in [5, 5.41) is 0. The molecule has 1 aromatic carbocycles. The van der Waals surface area contributed by atoms with Crippen molar-refractivity contribution < 1.29 is 19.1 Å². The Kier molecular flexibility index (Phi) is 4.14. The zero-order valence-corrected chi connectivity index (χ0v) is 15.7. The van der Waals surface area contributed by atoms with E-state index in [4.69, 9.17) is 9.47 Å². The van der Waals surface area contributed by atoms with Crippen molar-refractivity contribution in [3.63, 3.8) is 0 Å². The van der Waals surface area contributed by atoms with Crippen LogP contribution in [0.25, 0.3) is 0 Å². The summed E-state index contributed by atoms with van der Waals surface area (Å²) in [6.45, 7) is 2.18. The van der Waals surface area contributed by atoms with E-state index in [0.29, 0.717) is 25.0 Å². The normalized spacial score (nSPS) is 30.9. The Morgan fingerprint density at radius 1 is 1.07 bits per heavy atom. The van der Waals surface area contributed by atoms with Crippen LogP contribution in [0.5, 0.6) is 5.75 Å². The fourth-order valence-electron chi connectivity index (χ4n) is 4.95. The van der Waals surface area contributed by atoms with Crippen molar-refractivity contribution in [2.45, 2.75) is 57.0 Å². The number of carbonyl (C=O) groups excluding carboxylic acids is 2. The van der Waals surface area contributed by atoms with Crippen LogP contribution in [-0.2, 0) is 14.3 Å². The van der Waals surface area contributed by atoms with E-state index in [0.717, 1.165) is 44.5 Å². The van der Waals surface area contributed by atoms with Crippen LogP contribution in [0.2, 0.25) is 0 Å². The Balaban J connectivity index is 1.11. The molecule has 2 saturated heterocycles. The smallest absolute Gasteiger partial charge is 0.306 e. The van der Waals surface area contributed by atoms with E-state index in [-0.39, 0.29) is 23.2 Å². The van der Waals surface area contributed by atoms with Crippen molar-refractivity contribution in [1.82, 2.24) is 4.90 Å². The fraction of sp³-hybridized carbons (Fsp3) is 0.636. The van der Waals surface area contributed by atoms with Crippen LogP contribution in [0.3, 0.4) is 0 Å². The molecular formula is C22H27NO4. The van der Waals surface area contributed by atoms with Gasteiger partial charge < -0.3 is 14.4 Å². The van der Waals surface area contributed by atoms with Gasteiger partial charge in [-0.15, -0.1) is 0 Å². The maximum Gasteiger partial charge on any atom is 0.306 e. The summed E-state index contributed by atoms with van der Waals surface area (Å²) < 4.78 is 10.9. The zero-order valence-electron chi connectivity index (χ0n) is 15.7. The third kappa shape index (κ3) is 3.44. The molecule has 1 amide bonds. The molecule has 0 radical (unpaired) electrons. The van der Waals surface area contributed by atoms with E-state index in [1.165, 1.54) is 18.4 Å². The number of nitrogens with zero attached hydrogens (tertiary/aromatic N) is 1. The average Bonchev–Trinajstić information content (AvgIpc) is 3.39. The van der Waals surface area contributed by atoms with Gasteiger partial charge in [-0.3, -0.25) is 9.59 Å². The number of esters is 1. The predicted molar refractivity (Wildman–Crippen MR) is 99.4 cm³/mol. The van der Waals surface area contributed by atoms with Gasteiger partial charge in [-0.25, -0.2) is 0 Å². The van der Waals surface area contributed by atoms with Gasteiger partial charge in [0.15, 0.2) is 0 Å². The second kappa shape index (κ2) is 6.54. The molecule has 0 aromatic heterocycles. The summed E-state index contributed by atoms with van der Waals surface area (Å²) in [5.41, 5.74) is 1.33. The number of cyclic esters (lactones) is 1. The highest BCUT2D eigenvalue weighted by Crippen LogP contribution is 2.52. The van der Waals surface area contributed by atoms with E-state index in [2.05, 4.69) is 24.3 Å². The van der Waals surface area contributed by atoms with Gasteiger partial charge in [-0.1, -0.05) is 12.1 Å². The number of hydrogen-bond donors (Lipinski definition) is 0. The molecule has 2 heterocycles. The van der Waals surface area contributed by atoms with Crippen molar-refractivity contribution in [3.8, 4) is 5.75 Å². The molecule has 0 unspecified atom stereocenters. The summed E-state index contributed by atoms with van der Waals surface area (Å²) in [7, 11) is 0. The maximum absolute atomic E-state index is 12.8. The summed E-state index contributed by atoms with van der Waals surface area (Å²) >= 11 is 0. The number of hydrogen-bond acceptors (Lipinski definition) is 4. The topological polar surface area (TPSA) is 55.8 Å². The molecule has 144 valence electrons. The first-order valence-corrected chi connectivity index (χ1v) is 10.3. The Labute approximate surface area is 160 Å². The van der Waals surface area contributed by atoms with Crippen molar-refractivity contribution in [2.24, 2.45) is 11.3 Å². The molecule has 0 N–H and O–H groups in total. The first kappa shape index (κ1) is 17.1. The maximum atomic E-state index is 12.8. The number of carbonyl (C=O) groups is 2. The third-order valence-electron chi connectivity index (χ3n) is 6.75. The molecule has 5 nitrogen and oxygen atoms in total. The molecule has 0 bridgehead atoms. The largest absolute Gasteiger partial charge is 0.490 e. The van der Waals surface area contributed by atoms with E-state index in [1.807, 2.05) is 4.90 Å². The fourth-order valence-corrected chi connectivity index (χ4v) is 4.95. The average molecular weight is 369 g/mol. The van der Waals surface area contributed by atoms with Crippen LogP contribution in [0.15, 0.2) is 24.3 Å². The molecule has 27 heavy (non-hydrogen) atoms. The lowest BCUT2D eigenvalue weighted by atomic mass is 9.61. The van der Waals surface area contributed by atoms with Gasteiger partial charge in [0.05, 0.1) is 19.1 Å². The lowest BCUT2D eigenvalue weighted by Gasteiger charge is -2.45. The summed E-state index contributed by atoms with van der Waals surface area (Å²) in [5.74, 6) is 1.77. The number of rotatable bonds is 4. The second-order valence-electron chi connectivity index (χ2n) is 8.93. The van der Waals surface area contributed by atoms with Gasteiger partial charge in [0.2, 0.25) is 5.91 Å². The van der Waals surface area contributed by atoms with Gasteiger partial charge in [0, 0.05) is 24.4 Å². The highest BCUT2D eigenvalue weighted by molar-refractivity contribution is 5.81. The predicted octanol–water partition coefficient (Wildman–Crippen LogP) is 3.28. The van der Waals surface area contributed by atoms with Gasteiger partial charge >= 0.3 is 5.97 Å². The molecule has 5 heteroatoms. The monoisotopic (exact) mass is 369 g/mol. The molecule has 2 saturated carbocycles. The summed E-state index contributed by atoms with van der Waals surface area (Å²) in [6.07, 6.45) is 6.98. The van der Waals surface area contributed by atoms with Crippen molar-refractivity contribution in [2.75, 3.05) is 19.7 Å². The zero-order chi connectivity index (χ0) is 18.4. The number of likely N-dealkylation sites (tertiary alicyclic amines) is 1. The van der Waals surface area contributed by atoms with Gasteiger partial charge in [0.1, 0.15) is 5.75 Å². The number of ether oxygens (including phenoxy) is 2. The van der Waals surface area contributed by atoms with E-state index in [9.17, 15) is 9.59 Å². The first-order valence-electron chi connectivity index (χ1n) is 10.3. The minimum Gasteiger partial charge on any atom is -0.490 e. The minimum atomic E-state index is -0.102. The number of benzene rings is 1. The quantitative estimate of drug-likeness (QED) is 0.765. The lowest BCUT2D eigenvalue weighted by Crippen LogP contribution is -2.49. The van der Waals surface area contributed by atoms with Crippen LogP contribution in [0.4, 0.5) is 0 Å². The minimum absolute atomic E-state index is 0.0278. The van der Waals surface area contributed by atoms with Gasteiger partial charge in [0.25, 0.3) is 0 Å². The third-order valence-corrected chi connectivity index (χ3v) is 6.75.